The lowest BCUT2D eigenvalue weighted by atomic mass is 9.91. The highest BCUT2D eigenvalue weighted by Gasteiger charge is 2.28. The van der Waals surface area contributed by atoms with Crippen LogP contribution in [0, 0.1) is 11.8 Å². The van der Waals surface area contributed by atoms with Crippen LogP contribution in [0.4, 0.5) is 5.82 Å². The predicted molar refractivity (Wildman–Crippen MR) is 139 cm³/mol. The molecule has 0 aliphatic carbocycles. The summed E-state index contributed by atoms with van der Waals surface area (Å²) in [5.74, 6) is 1.99. The summed E-state index contributed by atoms with van der Waals surface area (Å²) >= 11 is 0. The molecule has 1 N–H and O–H groups in total. The summed E-state index contributed by atoms with van der Waals surface area (Å²) < 4.78 is 0. The summed E-state index contributed by atoms with van der Waals surface area (Å²) in [5, 5.41) is 3.41. The summed E-state index contributed by atoms with van der Waals surface area (Å²) in [6.45, 7) is 10.5. The first-order valence-electron chi connectivity index (χ1n) is 12.7. The van der Waals surface area contributed by atoms with Gasteiger partial charge in [0.15, 0.2) is 0 Å². The molecule has 2 heterocycles. The molecule has 3 rings (SSSR count). The number of aromatic nitrogens is 1. The summed E-state index contributed by atoms with van der Waals surface area (Å²) in [5.41, 5.74) is 3.56. The molecule has 4 heteroatoms. The first-order valence-corrected chi connectivity index (χ1v) is 12.7. The molecule has 2 aromatic rings. The van der Waals surface area contributed by atoms with Crippen LogP contribution in [0.2, 0.25) is 0 Å². The maximum atomic E-state index is 13.8. The van der Waals surface area contributed by atoms with Crippen LogP contribution in [-0.4, -0.2) is 34.9 Å². The Balaban J connectivity index is 1.77. The molecule has 1 aliphatic heterocycles. The molecule has 0 unspecified atom stereocenters. The van der Waals surface area contributed by atoms with E-state index in [2.05, 4.69) is 79.3 Å². The molecule has 0 bridgehead atoms. The number of pyridine rings is 1. The predicted octanol–water partition coefficient (Wildman–Crippen LogP) is 6.75. The molecule has 0 saturated carbocycles. The zero-order valence-electron chi connectivity index (χ0n) is 20.9. The number of carbonyl (C=O) groups excluding carboxylic acids is 1. The normalized spacial score (nSPS) is 18.5. The molecule has 4 nitrogen and oxygen atoms in total. The fraction of sp³-hybridized carbons (Fsp3) is 0.517. The van der Waals surface area contributed by atoms with E-state index in [0.717, 1.165) is 51.6 Å². The number of amides is 1. The Morgan fingerprint density at radius 1 is 1.09 bits per heavy atom. The third-order valence-corrected chi connectivity index (χ3v) is 6.37. The lowest BCUT2D eigenvalue weighted by Gasteiger charge is -2.35. The summed E-state index contributed by atoms with van der Waals surface area (Å²) in [6.07, 6.45) is 10.2. The molecule has 0 saturated heterocycles. The van der Waals surface area contributed by atoms with Crippen molar-refractivity contribution in [2.75, 3.05) is 18.4 Å². The molecule has 0 fully saturated rings. The standard InChI is InChI=1S/C29H41N3O/c1-22(2)16-18-31-28-27(13-8-17-30-28)29(33)32-19-9-12-25(14-15-26(32)20-23(3)4)21-24-10-6-5-7-11-24/h5-8,10-13,17,22-23,26H,9,14-16,18-21H2,1-4H3,(H,30,31)/b25-12-/t26-/m1/s1. The number of nitrogens with one attached hydrogen (secondary N) is 1. The Kier molecular flexibility index (Phi) is 9.53. The third-order valence-electron chi connectivity index (χ3n) is 6.37. The first kappa shape index (κ1) is 25.0. The van der Waals surface area contributed by atoms with Crippen molar-refractivity contribution in [3.05, 3.63) is 71.4 Å². The molecular weight excluding hydrogens is 406 g/mol. The monoisotopic (exact) mass is 447 g/mol. The van der Waals surface area contributed by atoms with Gasteiger partial charge >= 0.3 is 0 Å². The van der Waals surface area contributed by atoms with E-state index in [0.29, 0.717) is 23.2 Å². The number of anilines is 1. The molecule has 0 spiro atoms. The van der Waals surface area contributed by atoms with Crippen molar-refractivity contribution in [3.63, 3.8) is 0 Å². The van der Waals surface area contributed by atoms with Gasteiger partial charge in [0.1, 0.15) is 5.82 Å². The van der Waals surface area contributed by atoms with E-state index in [4.69, 9.17) is 0 Å². The van der Waals surface area contributed by atoms with Gasteiger partial charge in [0.2, 0.25) is 0 Å². The minimum absolute atomic E-state index is 0.112. The quantitative estimate of drug-likeness (QED) is 0.432. The van der Waals surface area contributed by atoms with Crippen molar-refractivity contribution >= 4 is 11.7 Å². The van der Waals surface area contributed by atoms with Gasteiger partial charge in [0.05, 0.1) is 5.56 Å². The number of benzene rings is 1. The van der Waals surface area contributed by atoms with E-state index in [-0.39, 0.29) is 11.9 Å². The second-order valence-electron chi connectivity index (χ2n) is 10.1. The van der Waals surface area contributed by atoms with Crippen LogP contribution in [0.25, 0.3) is 0 Å². The van der Waals surface area contributed by atoms with Crippen LogP contribution in [0.1, 0.15) is 75.7 Å². The number of nitrogens with zero attached hydrogens (tertiary/aromatic N) is 2. The van der Waals surface area contributed by atoms with Gasteiger partial charge in [-0.25, -0.2) is 4.98 Å². The van der Waals surface area contributed by atoms with Crippen molar-refractivity contribution in [1.29, 1.82) is 0 Å². The van der Waals surface area contributed by atoms with Crippen LogP contribution < -0.4 is 5.32 Å². The van der Waals surface area contributed by atoms with Crippen molar-refractivity contribution < 1.29 is 4.79 Å². The second kappa shape index (κ2) is 12.6. The Bertz CT molecular complexity index is 904. The van der Waals surface area contributed by atoms with Crippen LogP contribution in [0.3, 0.4) is 0 Å². The lowest BCUT2D eigenvalue weighted by Crippen LogP contribution is -2.42. The largest absolute Gasteiger partial charge is 0.369 e. The van der Waals surface area contributed by atoms with Gasteiger partial charge in [-0.2, -0.15) is 0 Å². The van der Waals surface area contributed by atoms with E-state index in [9.17, 15) is 4.79 Å². The molecule has 1 aliphatic rings. The van der Waals surface area contributed by atoms with Crippen LogP contribution in [0.5, 0.6) is 0 Å². The van der Waals surface area contributed by atoms with Gasteiger partial charge in [-0.3, -0.25) is 4.79 Å². The molecule has 1 amide bonds. The zero-order chi connectivity index (χ0) is 23.6. The van der Waals surface area contributed by atoms with Crippen molar-refractivity contribution in [3.8, 4) is 0 Å². The van der Waals surface area contributed by atoms with Gasteiger partial charge in [-0.15, -0.1) is 0 Å². The fourth-order valence-electron chi connectivity index (χ4n) is 4.63. The first-order chi connectivity index (χ1) is 15.9. The number of rotatable bonds is 9. The molecule has 33 heavy (non-hydrogen) atoms. The van der Waals surface area contributed by atoms with Crippen LogP contribution in [0.15, 0.2) is 60.3 Å². The van der Waals surface area contributed by atoms with E-state index in [1.807, 2.05) is 12.1 Å². The molecule has 178 valence electrons. The SMILES string of the molecule is CC(C)CCNc1ncccc1C(=O)N1CC/C=C(\Cc2ccccc2)CC[C@@H]1CC(C)C. The fourth-order valence-corrected chi connectivity index (χ4v) is 4.63. The highest BCUT2D eigenvalue weighted by molar-refractivity contribution is 5.99. The van der Waals surface area contributed by atoms with Gasteiger partial charge < -0.3 is 10.2 Å². The smallest absolute Gasteiger partial charge is 0.257 e. The summed E-state index contributed by atoms with van der Waals surface area (Å²) in [6, 6.07) is 14.8. The molecule has 1 atom stereocenters. The van der Waals surface area contributed by atoms with E-state index < -0.39 is 0 Å². The number of hydrogen-bond donors (Lipinski definition) is 1. The van der Waals surface area contributed by atoms with Crippen LogP contribution >= 0.6 is 0 Å². The molecule has 1 aromatic heterocycles. The van der Waals surface area contributed by atoms with Crippen molar-refractivity contribution in [1.82, 2.24) is 9.88 Å². The van der Waals surface area contributed by atoms with Gasteiger partial charge in [-0.05, 0) is 68.1 Å². The molecular formula is C29H41N3O. The Hall–Kier alpha value is -2.62. The van der Waals surface area contributed by atoms with Crippen molar-refractivity contribution in [2.24, 2.45) is 11.8 Å². The van der Waals surface area contributed by atoms with Crippen molar-refractivity contribution in [2.45, 2.75) is 72.3 Å². The van der Waals surface area contributed by atoms with Crippen LogP contribution in [-0.2, 0) is 6.42 Å². The average Bonchev–Trinajstić information content (AvgIpc) is 2.78. The Labute approximate surface area is 200 Å². The maximum Gasteiger partial charge on any atom is 0.257 e. The van der Waals surface area contributed by atoms with Gasteiger partial charge in [0, 0.05) is 25.3 Å². The topological polar surface area (TPSA) is 45.2 Å². The van der Waals surface area contributed by atoms with Gasteiger partial charge in [-0.1, -0.05) is 69.7 Å². The minimum atomic E-state index is 0.112. The minimum Gasteiger partial charge on any atom is -0.369 e. The zero-order valence-corrected chi connectivity index (χ0v) is 20.9. The summed E-state index contributed by atoms with van der Waals surface area (Å²) in [7, 11) is 0. The summed E-state index contributed by atoms with van der Waals surface area (Å²) in [4.78, 5) is 20.4. The lowest BCUT2D eigenvalue weighted by molar-refractivity contribution is 0.0645. The number of hydrogen-bond acceptors (Lipinski definition) is 3. The van der Waals surface area contributed by atoms with E-state index >= 15 is 0 Å². The third kappa shape index (κ3) is 7.73. The average molecular weight is 448 g/mol. The Morgan fingerprint density at radius 3 is 2.61 bits per heavy atom. The maximum absolute atomic E-state index is 13.8. The van der Waals surface area contributed by atoms with Gasteiger partial charge in [0.25, 0.3) is 5.91 Å². The molecule has 1 aromatic carbocycles. The number of carbonyl (C=O) groups is 1. The Morgan fingerprint density at radius 2 is 1.88 bits per heavy atom. The number of allylic oxidation sites excluding steroid dienone is 1. The molecule has 0 radical (unpaired) electrons. The van der Waals surface area contributed by atoms with E-state index in [1.54, 1.807) is 6.20 Å². The highest BCUT2D eigenvalue weighted by Crippen LogP contribution is 2.27. The second-order valence-corrected chi connectivity index (χ2v) is 10.1. The highest BCUT2D eigenvalue weighted by atomic mass is 16.2. The van der Waals surface area contributed by atoms with E-state index in [1.165, 1.54) is 11.1 Å².